The van der Waals surface area contributed by atoms with Crippen molar-refractivity contribution in [1.29, 1.82) is 0 Å². The minimum Gasteiger partial charge on any atom is -0.367 e. The Bertz CT molecular complexity index is 591. The number of rotatable bonds is 2. The van der Waals surface area contributed by atoms with Crippen LogP contribution in [-0.2, 0) is 13.0 Å². The highest BCUT2D eigenvalue weighted by molar-refractivity contribution is 9.10. The third-order valence-electron chi connectivity index (χ3n) is 3.75. The highest BCUT2D eigenvalue weighted by atomic mass is 79.9. The molecule has 0 N–H and O–H groups in total. The molecule has 0 fully saturated rings. The first kappa shape index (κ1) is 13.6. The van der Waals surface area contributed by atoms with Crippen LogP contribution in [0.5, 0.6) is 0 Å². The van der Waals surface area contributed by atoms with Gasteiger partial charge in [0, 0.05) is 23.2 Å². The van der Waals surface area contributed by atoms with Gasteiger partial charge in [-0.25, -0.2) is 4.39 Å². The molecule has 1 nitrogen and oxygen atoms in total. The highest BCUT2D eigenvalue weighted by Gasteiger charge is 2.15. The molecule has 3 heteroatoms. The molecule has 1 aliphatic rings. The van der Waals surface area contributed by atoms with Crippen molar-refractivity contribution >= 4 is 21.6 Å². The molecule has 0 radical (unpaired) electrons. The van der Waals surface area contributed by atoms with Gasteiger partial charge in [0.1, 0.15) is 5.82 Å². The average molecular weight is 334 g/mol. The molecule has 0 bridgehead atoms. The Morgan fingerprint density at radius 3 is 2.80 bits per heavy atom. The van der Waals surface area contributed by atoms with Crippen LogP contribution in [-0.4, -0.2) is 6.54 Å². The van der Waals surface area contributed by atoms with E-state index in [4.69, 9.17) is 0 Å². The minimum absolute atomic E-state index is 0.183. The van der Waals surface area contributed by atoms with Crippen molar-refractivity contribution in [3.63, 3.8) is 0 Å². The van der Waals surface area contributed by atoms with E-state index in [0.29, 0.717) is 0 Å². The van der Waals surface area contributed by atoms with Gasteiger partial charge in [-0.05, 0) is 54.7 Å². The summed E-state index contributed by atoms with van der Waals surface area (Å²) in [6, 6.07) is 13.7. The zero-order valence-electron chi connectivity index (χ0n) is 11.3. The molecular weight excluding hydrogens is 317 g/mol. The second kappa shape index (κ2) is 5.96. The third kappa shape index (κ3) is 3.04. The molecule has 0 aliphatic carbocycles. The van der Waals surface area contributed by atoms with Crippen molar-refractivity contribution in [3.8, 4) is 0 Å². The van der Waals surface area contributed by atoms with Gasteiger partial charge in [0.05, 0.1) is 0 Å². The van der Waals surface area contributed by atoms with Crippen LogP contribution in [0.4, 0.5) is 10.1 Å². The van der Waals surface area contributed by atoms with Gasteiger partial charge in [0.25, 0.3) is 0 Å². The van der Waals surface area contributed by atoms with E-state index in [9.17, 15) is 4.39 Å². The summed E-state index contributed by atoms with van der Waals surface area (Å²) in [6.07, 6.45) is 3.55. The van der Waals surface area contributed by atoms with Crippen molar-refractivity contribution in [2.45, 2.75) is 25.8 Å². The number of hydrogen-bond donors (Lipinski definition) is 0. The fourth-order valence-corrected chi connectivity index (χ4v) is 3.37. The van der Waals surface area contributed by atoms with Crippen molar-refractivity contribution in [2.75, 3.05) is 11.4 Å². The van der Waals surface area contributed by atoms with E-state index in [1.165, 1.54) is 30.2 Å². The topological polar surface area (TPSA) is 3.24 Å². The molecule has 0 spiro atoms. The Hall–Kier alpha value is -1.35. The van der Waals surface area contributed by atoms with Crippen LogP contribution in [0.1, 0.15) is 24.0 Å². The summed E-state index contributed by atoms with van der Waals surface area (Å²) < 4.78 is 14.3. The van der Waals surface area contributed by atoms with E-state index in [2.05, 4.69) is 45.1 Å². The first-order valence-corrected chi connectivity index (χ1v) is 7.79. The molecule has 104 valence electrons. The molecule has 0 aromatic heterocycles. The van der Waals surface area contributed by atoms with Gasteiger partial charge in [0.15, 0.2) is 0 Å². The number of hydrogen-bond acceptors (Lipinski definition) is 1. The van der Waals surface area contributed by atoms with Gasteiger partial charge in [0.2, 0.25) is 0 Å². The molecule has 0 atom stereocenters. The Labute approximate surface area is 127 Å². The monoisotopic (exact) mass is 333 g/mol. The highest BCUT2D eigenvalue weighted by Crippen LogP contribution is 2.28. The van der Waals surface area contributed by atoms with Crippen LogP contribution < -0.4 is 4.90 Å². The average Bonchev–Trinajstić information content (AvgIpc) is 2.61. The molecule has 3 rings (SSSR count). The third-order valence-corrected chi connectivity index (χ3v) is 4.21. The summed E-state index contributed by atoms with van der Waals surface area (Å²) in [7, 11) is 0. The van der Waals surface area contributed by atoms with Crippen molar-refractivity contribution < 1.29 is 4.39 Å². The lowest BCUT2D eigenvalue weighted by Crippen LogP contribution is -2.23. The first-order valence-electron chi connectivity index (χ1n) is 7.00. The van der Waals surface area contributed by atoms with Gasteiger partial charge >= 0.3 is 0 Å². The number of nitrogens with zero attached hydrogens (tertiary/aromatic N) is 1. The second-order valence-corrected chi connectivity index (χ2v) is 6.20. The molecule has 0 amide bonds. The van der Waals surface area contributed by atoms with E-state index in [0.717, 1.165) is 29.5 Å². The Morgan fingerprint density at radius 1 is 1.10 bits per heavy atom. The number of benzene rings is 2. The summed E-state index contributed by atoms with van der Waals surface area (Å²) in [5.74, 6) is -0.183. The van der Waals surface area contributed by atoms with Gasteiger partial charge in [-0.1, -0.05) is 34.1 Å². The molecule has 0 unspecified atom stereocenters. The summed E-state index contributed by atoms with van der Waals surface area (Å²) in [5.41, 5.74) is 3.71. The standard InChI is InChI=1S/C17H17BrFN/c18-15-9-13(10-16(19)11-15)12-20-8-4-3-6-14-5-1-2-7-17(14)20/h1-2,5,7,9-11H,3-4,6,8,12H2. The lowest BCUT2D eigenvalue weighted by atomic mass is 10.1. The van der Waals surface area contributed by atoms with Crippen molar-refractivity contribution in [2.24, 2.45) is 0 Å². The molecular formula is C17H17BrFN. The summed E-state index contributed by atoms with van der Waals surface area (Å²) in [4.78, 5) is 2.36. The van der Waals surface area contributed by atoms with Crippen LogP contribution in [0, 0.1) is 5.82 Å². The predicted octanol–water partition coefficient (Wildman–Crippen LogP) is 4.93. The molecule has 2 aromatic carbocycles. The largest absolute Gasteiger partial charge is 0.367 e. The van der Waals surface area contributed by atoms with E-state index in [-0.39, 0.29) is 5.82 Å². The fourth-order valence-electron chi connectivity index (χ4n) is 2.86. The van der Waals surface area contributed by atoms with Gasteiger partial charge in [-0.15, -0.1) is 0 Å². The maximum Gasteiger partial charge on any atom is 0.124 e. The summed E-state index contributed by atoms with van der Waals surface area (Å²) in [6.45, 7) is 1.79. The van der Waals surface area contributed by atoms with Crippen LogP contribution >= 0.6 is 15.9 Å². The number of aryl methyl sites for hydroxylation is 1. The molecule has 2 aromatic rings. The zero-order chi connectivity index (χ0) is 13.9. The number of para-hydroxylation sites is 1. The van der Waals surface area contributed by atoms with Crippen LogP contribution in [0.15, 0.2) is 46.9 Å². The smallest absolute Gasteiger partial charge is 0.124 e. The number of anilines is 1. The SMILES string of the molecule is Fc1cc(Br)cc(CN2CCCCc3ccccc32)c1. The summed E-state index contributed by atoms with van der Waals surface area (Å²) >= 11 is 3.37. The van der Waals surface area contributed by atoms with Crippen molar-refractivity contribution in [3.05, 3.63) is 63.9 Å². The van der Waals surface area contributed by atoms with Crippen LogP contribution in [0.2, 0.25) is 0 Å². The maximum atomic E-state index is 13.5. The molecule has 1 aliphatic heterocycles. The fraction of sp³-hybridized carbons (Fsp3) is 0.294. The van der Waals surface area contributed by atoms with Gasteiger partial charge in [-0.2, -0.15) is 0 Å². The lowest BCUT2D eigenvalue weighted by Gasteiger charge is -2.25. The number of fused-ring (bicyclic) bond motifs is 1. The first-order chi connectivity index (χ1) is 9.72. The van der Waals surface area contributed by atoms with E-state index >= 15 is 0 Å². The van der Waals surface area contributed by atoms with Crippen LogP contribution in [0.3, 0.4) is 0 Å². The molecule has 0 saturated heterocycles. The predicted molar refractivity (Wildman–Crippen MR) is 84.5 cm³/mol. The normalized spacial score (nSPS) is 14.8. The van der Waals surface area contributed by atoms with E-state index < -0.39 is 0 Å². The zero-order valence-corrected chi connectivity index (χ0v) is 12.9. The molecule has 1 heterocycles. The molecule has 20 heavy (non-hydrogen) atoms. The Morgan fingerprint density at radius 2 is 1.95 bits per heavy atom. The lowest BCUT2D eigenvalue weighted by molar-refractivity contribution is 0.623. The Balaban J connectivity index is 1.90. The summed E-state index contributed by atoms with van der Waals surface area (Å²) in [5, 5.41) is 0. The van der Waals surface area contributed by atoms with E-state index in [1.807, 2.05) is 6.07 Å². The second-order valence-electron chi connectivity index (χ2n) is 5.29. The van der Waals surface area contributed by atoms with E-state index in [1.54, 1.807) is 6.07 Å². The Kier molecular flexibility index (Phi) is 4.06. The van der Waals surface area contributed by atoms with Gasteiger partial charge in [-0.3, -0.25) is 0 Å². The van der Waals surface area contributed by atoms with Crippen LogP contribution in [0.25, 0.3) is 0 Å². The minimum atomic E-state index is -0.183. The quantitative estimate of drug-likeness (QED) is 0.753. The number of halogens is 2. The van der Waals surface area contributed by atoms with Crippen molar-refractivity contribution in [1.82, 2.24) is 0 Å². The van der Waals surface area contributed by atoms with Gasteiger partial charge < -0.3 is 4.90 Å². The maximum absolute atomic E-state index is 13.5. The molecule has 0 saturated carbocycles.